The highest BCUT2D eigenvalue weighted by Crippen LogP contribution is 2.35. The summed E-state index contributed by atoms with van der Waals surface area (Å²) in [6.45, 7) is 10.00. The van der Waals surface area contributed by atoms with E-state index < -0.39 is 5.60 Å². The van der Waals surface area contributed by atoms with Crippen molar-refractivity contribution < 1.29 is 9.53 Å². The monoisotopic (exact) mass is 602 g/mol. The number of rotatable bonds is 9. The Labute approximate surface area is 265 Å². The van der Waals surface area contributed by atoms with Crippen molar-refractivity contribution in [2.24, 2.45) is 0 Å². The van der Waals surface area contributed by atoms with Gasteiger partial charge in [0.2, 0.25) is 0 Å². The number of nitrogens with one attached hydrogen (secondary N) is 1. The molecule has 1 aliphatic carbocycles. The number of hydrogen-bond donors (Lipinski definition) is 1. The van der Waals surface area contributed by atoms with Crippen molar-refractivity contribution in [2.75, 3.05) is 0 Å². The van der Waals surface area contributed by atoms with Crippen LogP contribution in [0.4, 0.5) is 4.79 Å². The molecule has 1 N–H and O–H groups in total. The predicted molar refractivity (Wildman–Crippen MR) is 176 cm³/mol. The Morgan fingerprint density at radius 3 is 2.40 bits per heavy atom. The normalized spacial score (nSPS) is 14.8. The number of fused-ring (bicyclic) bond motifs is 2. The van der Waals surface area contributed by atoms with Crippen LogP contribution in [-0.4, -0.2) is 41.4 Å². The zero-order valence-electron chi connectivity index (χ0n) is 26.7. The van der Waals surface area contributed by atoms with E-state index in [1.54, 1.807) is 11.1 Å². The lowest BCUT2D eigenvalue weighted by Crippen LogP contribution is -2.36. The number of ether oxygens (including phenoxy) is 1. The maximum atomic E-state index is 13.2. The predicted octanol–water partition coefficient (Wildman–Crippen LogP) is 7.68. The van der Waals surface area contributed by atoms with E-state index >= 15 is 0 Å². The number of aromatic nitrogens is 4. The minimum absolute atomic E-state index is 0.199. The van der Waals surface area contributed by atoms with Crippen LogP contribution in [-0.2, 0) is 37.3 Å². The summed E-state index contributed by atoms with van der Waals surface area (Å²) in [6.07, 6.45) is 6.56. The van der Waals surface area contributed by atoms with Gasteiger partial charge in [-0.15, -0.1) is 0 Å². The molecule has 5 aromatic rings. The van der Waals surface area contributed by atoms with Crippen molar-refractivity contribution >= 4 is 17.1 Å². The van der Waals surface area contributed by atoms with Crippen LogP contribution in [0.1, 0.15) is 79.1 Å². The molecule has 0 bridgehead atoms. The van der Waals surface area contributed by atoms with Crippen LogP contribution in [0.5, 0.6) is 0 Å². The van der Waals surface area contributed by atoms with Crippen LogP contribution in [0.2, 0.25) is 0 Å². The van der Waals surface area contributed by atoms with Crippen molar-refractivity contribution in [1.82, 2.24) is 29.7 Å². The minimum Gasteiger partial charge on any atom is -0.444 e. The average molecular weight is 603 g/mol. The van der Waals surface area contributed by atoms with E-state index in [2.05, 4.69) is 70.3 Å². The highest BCUT2D eigenvalue weighted by atomic mass is 16.6. The highest BCUT2D eigenvalue weighted by Gasteiger charge is 2.28. The SMILES string of the molecule is Cc1cccc2[nH]c(CN(Cc3ccc(CN(Cc4ccccn4)C(=O)OC(C)(C)C)cc3)C3CCCc4cccnc43)nc12. The first-order chi connectivity index (χ1) is 21.7. The molecule has 0 aliphatic heterocycles. The summed E-state index contributed by atoms with van der Waals surface area (Å²) in [6, 6.07) is 25.0. The van der Waals surface area contributed by atoms with Gasteiger partial charge in [0.25, 0.3) is 0 Å². The third-order valence-corrected chi connectivity index (χ3v) is 8.24. The molecular formula is C37H42N6O2. The summed E-state index contributed by atoms with van der Waals surface area (Å²) in [7, 11) is 0. The number of carbonyl (C=O) groups excluding carboxylic acids is 1. The molecule has 0 saturated carbocycles. The molecule has 1 amide bonds. The van der Waals surface area contributed by atoms with Crippen molar-refractivity contribution in [2.45, 2.75) is 84.8 Å². The van der Waals surface area contributed by atoms with E-state index in [-0.39, 0.29) is 12.1 Å². The van der Waals surface area contributed by atoms with Crippen LogP contribution in [0.25, 0.3) is 11.0 Å². The first-order valence-corrected chi connectivity index (χ1v) is 15.8. The number of carbonyl (C=O) groups is 1. The van der Waals surface area contributed by atoms with Gasteiger partial charge in [-0.05, 0) is 93.5 Å². The molecule has 1 atom stereocenters. The first-order valence-electron chi connectivity index (χ1n) is 15.8. The Balaban J connectivity index is 1.24. The lowest BCUT2D eigenvalue weighted by Gasteiger charge is -2.34. The van der Waals surface area contributed by atoms with Gasteiger partial charge in [-0.1, -0.05) is 48.5 Å². The number of para-hydroxylation sites is 1. The van der Waals surface area contributed by atoms with Gasteiger partial charge in [-0.3, -0.25) is 19.8 Å². The fourth-order valence-electron chi connectivity index (χ4n) is 6.11. The minimum atomic E-state index is -0.585. The molecule has 232 valence electrons. The number of nitrogens with zero attached hydrogens (tertiary/aromatic N) is 5. The fraction of sp³-hybridized carbons (Fsp3) is 0.351. The van der Waals surface area contributed by atoms with Gasteiger partial charge in [0.1, 0.15) is 11.4 Å². The van der Waals surface area contributed by atoms with Crippen LogP contribution in [0, 0.1) is 6.92 Å². The number of amides is 1. The Morgan fingerprint density at radius 2 is 1.67 bits per heavy atom. The van der Waals surface area contributed by atoms with Crippen LogP contribution in [0.15, 0.2) is 85.2 Å². The van der Waals surface area contributed by atoms with E-state index in [4.69, 9.17) is 14.7 Å². The van der Waals surface area contributed by atoms with Crippen LogP contribution in [0.3, 0.4) is 0 Å². The maximum Gasteiger partial charge on any atom is 0.410 e. The molecule has 8 nitrogen and oxygen atoms in total. The number of hydrogen-bond acceptors (Lipinski definition) is 6. The van der Waals surface area contributed by atoms with Gasteiger partial charge in [0, 0.05) is 25.5 Å². The molecule has 45 heavy (non-hydrogen) atoms. The number of benzene rings is 2. The van der Waals surface area contributed by atoms with E-state index in [1.807, 2.05) is 51.2 Å². The Bertz CT molecular complexity index is 1740. The molecule has 0 spiro atoms. The second-order valence-corrected chi connectivity index (χ2v) is 13.0. The fourth-order valence-corrected chi connectivity index (χ4v) is 6.11. The summed E-state index contributed by atoms with van der Waals surface area (Å²) in [5, 5.41) is 0. The first kappa shape index (κ1) is 30.5. The molecule has 6 rings (SSSR count). The number of aryl methyl sites for hydroxylation is 2. The lowest BCUT2D eigenvalue weighted by molar-refractivity contribution is 0.0214. The Kier molecular flexibility index (Phi) is 8.94. The zero-order valence-corrected chi connectivity index (χ0v) is 26.7. The number of H-pyrrole nitrogens is 1. The number of pyridine rings is 2. The van der Waals surface area contributed by atoms with Gasteiger partial charge < -0.3 is 9.72 Å². The van der Waals surface area contributed by atoms with Gasteiger partial charge >= 0.3 is 6.09 Å². The maximum absolute atomic E-state index is 13.2. The van der Waals surface area contributed by atoms with E-state index in [0.29, 0.717) is 19.6 Å². The molecule has 1 aliphatic rings. The van der Waals surface area contributed by atoms with Crippen molar-refractivity contribution in [3.63, 3.8) is 0 Å². The number of aromatic amines is 1. The van der Waals surface area contributed by atoms with Crippen molar-refractivity contribution in [3.05, 3.63) is 125 Å². The van der Waals surface area contributed by atoms with Gasteiger partial charge in [0.05, 0.1) is 41.6 Å². The third-order valence-electron chi connectivity index (χ3n) is 8.24. The second kappa shape index (κ2) is 13.2. The van der Waals surface area contributed by atoms with Crippen molar-refractivity contribution in [3.8, 4) is 0 Å². The van der Waals surface area contributed by atoms with Gasteiger partial charge in [0.15, 0.2) is 0 Å². The van der Waals surface area contributed by atoms with Crippen LogP contribution >= 0.6 is 0 Å². The van der Waals surface area contributed by atoms with E-state index in [1.165, 1.54) is 22.4 Å². The molecule has 0 saturated heterocycles. The van der Waals surface area contributed by atoms with E-state index in [9.17, 15) is 4.79 Å². The molecular weight excluding hydrogens is 560 g/mol. The smallest absolute Gasteiger partial charge is 0.410 e. The summed E-state index contributed by atoms with van der Waals surface area (Å²) in [5.41, 5.74) is 8.24. The van der Waals surface area contributed by atoms with Crippen LogP contribution < -0.4 is 0 Å². The number of imidazole rings is 1. The van der Waals surface area contributed by atoms with E-state index in [0.717, 1.165) is 53.9 Å². The molecule has 8 heteroatoms. The summed E-state index contributed by atoms with van der Waals surface area (Å²) in [4.78, 5) is 35.2. The Morgan fingerprint density at radius 1 is 0.889 bits per heavy atom. The third kappa shape index (κ3) is 7.57. The molecule has 2 aromatic carbocycles. The average Bonchev–Trinajstić information content (AvgIpc) is 3.45. The quantitative estimate of drug-likeness (QED) is 0.186. The highest BCUT2D eigenvalue weighted by molar-refractivity contribution is 5.78. The van der Waals surface area contributed by atoms with Gasteiger partial charge in [-0.2, -0.15) is 0 Å². The summed E-state index contributed by atoms with van der Waals surface area (Å²) < 4.78 is 5.74. The molecule has 0 fully saturated rings. The Hall–Kier alpha value is -4.56. The van der Waals surface area contributed by atoms with Gasteiger partial charge in [-0.25, -0.2) is 9.78 Å². The lowest BCUT2D eigenvalue weighted by atomic mass is 9.90. The molecule has 3 heterocycles. The molecule has 3 aromatic heterocycles. The topological polar surface area (TPSA) is 87.2 Å². The largest absolute Gasteiger partial charge is 0.444 e. The van der Waals surface area contributed by atoms with Crippen molar-refractivity contribution in [1.29, 1.82) is 0 Å². The molecule has 1 unspecified atom stereocenters. The molecule has 0 radical (unpaired) electrons. The second-order valence-electron chi connectivity index (χ2n) is 13.0. The standard InChI is InChI=1S/C37H42N6O2/c1-26-10-7-14-31-34(26)41-33(40-31)25-42(32-15-8-11-29-12-9-21-39-35(29)32)22-27-16-18-28(19-17-27)23-43(36(44)45-37(2,3)4)24-30-13-5-6-20-38-30/h5-7,9-10,12-14,16-21,32H,8,11,15,22-25H2,1-4H3,(H,40,41). The zero-order chi connectivity index (χ0) is 31.4. The summed E-state index contributed by atoms with van der Waals surface area (Å²) in [5.74, 6) is 0.960. The summed E-state index contributed by atoms with van der Waals surface area (Å²) >= 11 is 0.